The van der Waals surface area contributed by atoms with E-state index in [0.717, 1.165) is 12.1 Å². The van der Waals surface area contributed by atoms with Crippen LogP contribution in [0, 0.1) is 11.6 Å². The van der Waals surface area contributed by atoms with Crippen molar-refractivity contribution in [1.82, 2.24) is 0 Å². The van der Waals surface area contributed by atoms with Gasteiger partial charge in [0, 0.05) is 35.7 Å². The first-order chi connectivity index (χ1) is 14.2. The number of nitrogens with zero attached hydrogens (tertiary/aromatic N) is 1. The van der Waals surface area contributed by atoms with E-state index in [0.29, 0.717) is 34.7 Å². The lowest BCUT2D eigenvalue weighted by molar-refractivity contribution is -0.109. The summed E-state index contributed by atoms with van der Waals surface area (Å²) in [7, 11) is 0. The van der Waals surface area contributed by atoms with Gasteiger partial charge >= 0.3 is 0 Å². The van der Waals surface area contributed by atoms with Gasteiger partial charge in [-0.2, -0.15) is 0 Å². The smallest absolute Gasteiger partial charge is 0.165 e. The van der Waals surface area contributed by atoms with Crippen LogP contribution in [0.5, 0.6) is 5.75 Å². The molecule has 1 aliphatic carbocycles. The number of carbonyl (C=O) groups is 1. The van der Waals surface area contributed by atoms with Crippen LogP contribution in [0.1, 0.15) is 28.8 Å². The summed E-state index contributed by atoms with van der Waals surface area (Å²) >= 11 is 11.8. The van der Waals surface area contributed by atoms with Crippen molar-refractivity contribution >= 4 is 34.7 Å². The lowest BCUT2D eigenvalue weighted by Crippen LogP contribution is -2.58. The summed E-state index contributed by atoms with van der Waals surface area (Å²) in [5.74, 6) is -1.30. The molecule has 0 spiro atoms. The van der Waals surface area contributed by atoms with Gasteiger partial charge in [0.05, 0.1) is 5.02 Å². The molecular weight excluding hydrogens is 439 g/mol. The molecule has 160 valence electrons. The standard InChI is InChI=1S/C21H19Cl2F2NO4/c22-11-7-14(24)20(15(25)8-11)26-6-5-21(29,18(28)9-26)10-30-17-4-2-13(23)19-12(17)1-3-16(19)27/h2,4,7-8,18,28-29H,1,3,5-6,9-10H2/t18-,21-/m1/s1. The number of carbonyl (C=O) groups excluding carboxylic acids is 1. The van der Waals surface area contributed by atoms with Crippen molar-refractivity contribution in [3.05, 3.63) is 57.1 Å². The van der Waals surface area contributed by atoms with Crippen molar-refractivity contribution in [2.45, 2.75) is 31.0 Å². The average Bonchev–Trinajstić information content (AvgIpc) is 3.06. The van der Waals surface area contributed by atoms with Gasteiger partial charge in [-0.1, -0.05) is 23.2 Å². The molecule has 9 heteroatoms. The number of aliphatic hydroxyl groups is 2. The Morgan fingerprint density at radius 1 is 1.20 bits per heavy atom. The summed E-state index contributed by atoms with van der Waals surface area (Å²) in [5, 5.41) is 21.7. The number of halogens is 4. The second-order valence-corrected chi connectivity index (χ2v) is 8.49. The Bertz CT molecular complexity index is 996. The number of benzene rings is 2. The van der Waals surface area contributed by atoms with Gasteiger partial charge in [0.1, 0.15) is 29.7 Å². The van der Waals surface area contributed by atoms with Crippen LogP contribution in [0.25, 0.3) is 0 Å². The summed E-state index contributed by atoms with van der Waals surface area (Å²) in [6, 6.07) is 5.19. The van der Waals surface area contributed by atoms with Crippen LogP contribution < -0.4 is 9.64 Å². The van der Waals surface area contributed by atoms with Crippen LogP contribution in [0.3, 0.4) is 0 Å². The van der Waals surface area contributed by atoms with Gasteiger partial charge in [-0.05, 0) is 37.1 Å². The van der Waals surface area contributed by atoms with Crippen molar-refractivity contribution in [1.29, 1.82) is 0 Å². The molecular formula is C21H19Cl2F2NO4. The number of fused-ring (bicyclic) bond motifs is 1. The second kappa shape index (κ2) is 7.96. The van der Waals surface area contributed by atoms with E-state index in [1.807, 2.05) is 0 Å². The summed E-state index contributed by atoms with van der Waals surface area (Å²) < 4.78 is 34.2. The van der Waals surface area contributed by atoms with E-state index in [2.05, 4.69) is 0 Å². The zero-order valence-corrected chi connectivity index (χ0v) is 17.3. The molecule has 0 bridgehead atoms. The Hall–Kier alpha value is -1.93. The first-order valence-electron chi connectivity index (χ1n) is 9.47. The van der Waals surface area contributed by atoms with Gasteiger partial charge in [0.15, 0.2) is 17.4 Å². The molecule has 2 aliphatic rings. The molecule has 2 aromatic rings. The Morgan fingerprint density at radius 2 is 1.90 bits per heavy atom. The van der Waals surface area contributed by atoms with E-state index in [-0.39, 0.29) is 42.6 Å². The maximum atomic E-state index is 14.2. The third kappa shape index (κ3) is 3.75. The van der Waals surface area contributed by atoms with Crippen LogP contribution in [0.2, 0.25) is 10.0 Å². The van der Waals surface area contributed by atoms with Crippen LogP contribution in [0.4, 0.5) is 14.5 Å². The van der Waals surface area contributed by atoms with E-state index in [9.17, 15) is 23.8 Å². The van der Waals surface area contributed by atoms with Crippen molar-refractivity contribution in [3.63, 3.8) is 0 Å². The maximum absolute atomic E-state index is 14.2. The SMILES string of the molecule is O=C1CCc2c(OC[C@]3(O)CCN(c4c(F)cc(Cl)cc4F)C[C@H]3O)ccc(Cl)c21. The predicted octanol–water partition coefficient (Wildman–Crippen LogP) is 3.78. The number of ether oxygens (including phenoxy) is 1. The Balaban J connectivity index is 1.48. The molecule has 4 rings (SSSR count). The zero-order chi connectivity index (χ0) is 21.6. The molecule has 1 aliphatic heterocycles. The third-order valence-electron chi connectivity index (χ3n) is 5.70. The van der Waals surface area contributed by atoms with Crippen LogP contribution in [-0.2, 0) is 6.42 Å². The van der Waals surface area contributed by atoms with Crippen molar-refractivity contribution in [2.75, 3.05) is 24.6 Å². The number of aliphatic hydroxyl groups excluding tert-OH is 1. The normalized spacial score (nSPS) is 23.6. The van der Waals surface area contributed by atoms with Crippen LogP contribution in [0.15, 0.2) is 24.3 Å². The van der Waals surface area contributed by atoms with Gasteiger partial charge in [-0.15, -0.1) is 0 Å². The molecule has 2 aromatic carbocycles. The zero-order valence-electron chi connectivity index (χ0n) is 15.8. The summed E-state index contributed by atoms with van der Waals surface area (Å²) in [4.78, 5) is 13.3. The number of anilines is 1. The highest BCUT2D eigenvalue weighted by Crippen LogP contribution is 2.37. The Kier molecular flexibility index (Phi) is 5.66. The van der Waals surface area contributed by atoms with Gasteiger partial charge in [0.2, 0.25) is 0 Å². The average molecular weight is 458 g/mol. The summed E-state index contributed by atoms with van der Waals surface area (Å²) in [6.45, 7) is -0.327. The van der Waals surface area contributed by atoms with Gasteiger partial charge in [-0.3, -0.25) is 4.79 Å². The number of ketones is 1. The minimum absolute atomic E-state index is 0.0182. The molecule has 0 amide bonds. The summed E-state index contributed by atoms with van der Waals surface area (Å²) in [6.07, 6.45) is -0.462. The number of rotatable bonds is 4. The predicted molar refractivity (Wildman–Crippen MR) is 109 cm³/mol. The quantitative estimate of drug-likeness (QED) is 0.730. The molecule has 1 fully saturated rings. The number of Topliss-reactive ketones (excluding diaryl/α,β-unsaturated/α-hetero) is 1. The molecule has 2 atom stereocenters. The minimum Gasteiger partial charge on any atom is -0.490 e. The molecule has 30 heavy (non-hydrogen) atoms. The lowest BCUT2D eigenvalue weighted by Gasteiger charge is -2.42. The highest BCUT2D eigenvalue weighted by atomic mass is 35.5. The van der Waals surface area contributed by atoms with E-state index in [4.69, 9.17) is 27.9 Å². The topological polar surface area (TPSA) is 70.0 Å². The molecule has 5 nitrogen and oxygen atoms in total. The fourth-order valence-corrected chi connectivity index (χ4v) is 4.50. The molecule has 0 unspecified atom stereocenters. The molecule has 1 heterocycles. The third-order valence-corrected chi connectivity index (χ3v) is 6.24. The van der Waals surface area contributed by atoms with E-state index in [1.54, 1.807) is 12.1 Å². The Labute approximate surface area is 181 Å². The summed E-state index contributed by atoms with van der Waals surface area (Å²) in [5.41, 5.74) is -0.792. The number of β-amino-alcohol motifs (C(OH)–C–C–N with tert-alkyl or cyclic N) is 1. The second-order valence-electron chi connectivity index (χ2n) is 7.64. The first-order valence-corrected chi connectivity index (χ1v) is 10.2. The fraction of sp³-hybridized carbons (Fsp3) is 0.381. The molecule has 0 saturated carbocycles. The molecule has 0 aromatic heterocycles. The maximum Gasteiger partial charge on any atom is 0.165 e. The van der Waals surface area contributed by atoms with E-state index >= 15 is 0 Å². The largest absolute Gasteiger partial charge is 0.490 e. The monoisotopic (exact) mass is 457 g/mol. The van der Waals surface area contributed by atoms with E-state index < -0.39 is 23.3 Å². The first kappa shape index (κ1) is 21.3. The van der Waals surface area contributed by atoms with Crippen molar-refractivity contribution in [3.8, 4) is 5.75 Å². The fourth-order valence-electron chi connectivity index (χ4n) is 4.02. The molecule has 2 N–H and O–H groups in total. The van der Waals surface area contributed by atoms with Crippen LogP contribution >= 0.6 is 23.2 Å². The van der Waals surface area contributed by atoms with Gasteiger partial charge in [0.25, 0.3) is 0 Å². The van der Waals surface area contributed by atoms with Crippen molar-refractivity contribution < 1.29 is 28.5 Å². The number of hydrogen-bond donors (Lipinski definition) is 2. The highest BCUT2D eigenvalue weighted by Gasteiger charge is 2.43. The van der Waals surface area contributed by atoms with Gasteiger partial charge in [-0.25, -0.2) is 8.78 Å². The van der Waals surface area contributed by atoms with E-state index in [1.165, 1.54) is 4.90 Å². The highest BCUT2D eigenvalue weighted by molar-refractivity contribution is 6.34. The molecule has 0 radical (unpaired) electrons. The molecule has 1 saturated heterocycles. The Morgan fingerprint density at radius 3 is 2.57 bits per heavy atom. The van der Waals surface area contributed by atoms with Crippen LogP contribution in [-0.4, -0.2) is 47.4 Å². The minimum atomic E-state index is -1.62. The van der Waals surface area contributed by atoms with Crippen molar-refractivity contribution in [2.24, 2.45) is 0 Å². The lowest BCUT2D eigenvalue weighted by atomic mass is 9.89. The number of hydrogen-bond acceptors (Lipinski definition) is 5. The van der Waals surface area contributed by atoms with Gasteiger partial charge < -0.3 is 19.8 Å². The number of piperidine rings is 1.